The zero-order valence-electron chi connectivity index (χ0n) is 14.7. The van der Waals surface area contributed by atoms with Crippen molar-refractivity contribution >= 4 is 29.9 Å². The lowest BCUT2D eigenvalue weighted by molar-refractivity contribution is 0.343. The van der Waals surface area contributed by atoms with Gasteiger partial charge in [0, 0.05) is 26.2 Å². The van der Waals surface area contributed by atoms with E-state index in [0.717, 1.165) is 37.7 Å². The van der Waals surface area contributed by atoms with E-state index in [9.17, 15) is 4.39 Å². The largest absolute Gasteiger partial charge is 0.357 e. The maximum atomic E-state index is 13.6. The number of rotatable bonds is 7. The predicted molar refractivity (Wildman–Crippen MR) is 110 cm³/mol. The Morgan fingerprint density at radius 1 is 1.29 bits per heavy atom. The lowest BCUT2D eigenvalue weighted by Gasteiger charge is -2.14. The Morgan fingerprint density at radius 3 is 2.75 bits per heavy atom. The van der Waals surface area contributed by atoms with E-state index >= 15 is 0 Å². The van der Waals surface area contributed by atoms with Gasteiger partial charge in [-0.3, -0.25) is 4.99 Å². The molecule has 1 atom stereocenters. The molecule has 0 aliphatic carbocycles. The van der Waals surface area contributed by atoms with Crippen molar-refractivity contribution in [2.24, 2.45) is 10.9 Å². The van der Waals surface area contributed by atoms with Crippen molar-refractivity contribution in [3.05, 3.63) is 35.6 Å². The van der Waals surface area contributed by atoms with Gasteiger partial charge in [-0.15, -0.1) is 24.0 Å². The fourth-order valence-electron chi connectivity index (χ4n) is 2.93. The van der Waals surface area contributed by atoms with E-state index in [0.29, 0.717) is 18.9 Å². The molecule has 0 amide bonds. The summed E-state index contributed by atoms with van der Waals surface area (Å²) in [6, 6.07) is 6.93. The lowest BCUT2D eigenvalue weighted by Crippen LogP contribution is -2.38. The second-order valence-corrected chi connectivity index (χ2v) is 6.04. The van der Waals surface area contributed by atoms with Gasteiger partial charge in [-0.05, 0) is 50.4 Å². The van der Waals surface area contributed by atoms with E-state index in [1.807, 2.05) is 12.1 Å². The van der Waals surface area contributed by atoms with Crippen molar-refractivity contribution in [2.75, 3.05) is 39.3 Å². The molecule has 1 aromatic carbocycles. The third-order valence-electron chi connectivity index (χ3n) is 4.31. The molecule has 6 heteroatoms. The minimum atomic E-state index is -0.137. The number of guanidine groups is 1. The van der Waals surface area contributed by atoms with Gasteiger partial charge in [-0.1, -0.05) is 25.1 Å². The van der Waals surface area contributed by atoms with Gasteiger partial charge in [0.15, 0.2) is 5.96 Å². The molecule has 0 bridgehead atoms. The summed E-state index contributed by atoms with van der Waals surface area (Å²) in [5, 5.41) is 6.57. The number of aliphatic imine (C=N–C) groups is 1. The van der Waals surface area contributed by atoms with E-state index in [-0.39, 0.29) is 29.8 Å². The smallest absolute Gasteiger partial charge is 0.191 e. The van der Waals surface area contributed by atoms with Gasteiger partial charge in [0.1, 0.15) is 5.82 Å². The van der Waals surface area contributed by atoms with Gasteiger partial charge in [0.05, 0.1) is 0 Å². The van der Waals surface area contributed by atoms with Crippen LogP contribution in [-0.4, -0.2) is 50.1 Å². The second kappa shape index (κ2) is 11.6. The van der Waals surface area contributed by atoms with Crippen molar-refractivity contribution in [3.8, 4) is 0 Å². The minimum absolute atomic E-state index is 0. The molecule has 1 aliphatic heterocycles. The fourth-order valence-corrected chi connectivity index (χ4v) is 2.93. The van der Waals surface area contributed by atoms with Crippen LogP contribution >= 0.6 is 24.0 Å². The summed E-state index contributed by atoms with van der Waals surface area (Å²) >= 11 is 0. The molecule has 24 heavy (non-hydrogen) atoms. The highest BCUT2D eigenvalue weighted by Gasteiger charge is 2.20. The lowest BCUT2D eigenvalue weighted by atomic mass is 10.1. The van der Waals surface area contributed by atoms with E-state index in [1.54, 1.807) is 6.07 Å². The normalized spacial score (nSPS) is 18.3. The van der Waals surface area contributed by atoms with Gasteiger partial charge < -0.3 is 15.5 Å². The summed E-state index contributed by atoms with van der Waals surface area (Å²) in [5.41, 5.74) is 0.741. The van der Waals surface area contributed by atoms with Crippen molar-refractivity contribution in [3.63, 3.8) is 0 Å². The van der Waals surface area contributed by atoms with Crippen LogP contribution in [0.15, 0.2) is 29.3 Å². The quantitative estimate of drug-likeness (QED) is 0.383. The zero-order chi connectivity index (χ0) is 16.5. The summed E-state index contributed by atoms with van der Waals surface area (Å²) in [6.45, 7) is 10.1. The van der Waals surface area contributed by atoms with Crippen molar-refractivity contribution in [1.82, 2.24) is 15.5 Å². The van der Waals surface area contributed by atoms with Crippen LogP contribution in [0.1, 0.15) is 25.8 Å². The molecule has 1 fully saturated rings. The van der Waals surface area contributed by atoms with Crippen LogP contribution in [0.25, 0.3) is 0 Å². The molecule has 0 saturated carbocycles. The number of hydrogen-bond acceptors (Lipinski definition) is 2. The molecule has 0 aromatic heterocycles. The fraction of sp³-hybridized carbons (Fsp3) is 0.611. The molecule has 2 rings (SSSR count). The molecule has 1 aromatic rings. The van der Waals surface area contributed by atoms with E-state index in [2.05, 4.69) is 29.4 Å². The first-order chi connectivity index (χ1) is 11.2. The molecule has 4 nitrogen and oxygen atoms in total. The third kappa shape index (κ3) is 6.93. The molecule has 1 heterocycles. The van der Waals surface area contributed by atoms with Gasteiger partial charge in [0.2, 0.25) is 0 Å². The van der Waals surface area contributed by atoms with Crippen molar-refractivity contribution in [1.29, 1.82) is 0 Å². The topological polar surface area (TPSA) is 39.7 Å². The number of nitrogens with one attached hydrogen (secondary N) is 2. The second-order valence-electron chi connectivity index (χ2n) is 6.04. The Bertz CT molecular complexity index is 510. The first-order valence-corrected chi connectivity index (χ1v) is 8.70. The van der Waals surface area contributed by atoms with Crippen LogP contribution in [0.5, 0.6) is 0 Å². The van der Waals surface area contributed by atoms with Crippen LogP contribution in [0.3, 0.4) is 0 Å². The highest BCUT2D eigenvalue weighted by molar-refractivity contribution is 14.0. The van der Waals surface area contributed by atoms with E-state index in [4.69, 9.17) is 4.99 Å². The zero-order valence-corrected chi connectivity index (χ0v) is 17.1. The van der Waals surface area contributed by atoms with Crippen LogP contribution in [0.2, 0.25) is 0 Å². The Kier molecular flexibility index (Phi) is 10.2. The monoisotopic (exact) mass is 448 g/mol. The summed E-state index contributed by atoms with van der Waals surface area (Å²) < 4.78 is 13.6. The average Bonchev–Trinajstić information content (AvgIpc) is 3.02. The maximum Gasteiger partial charge on any atom is 0.191 e. The van der Waals surface area contributed by atoms with Gasteiger partial charge in [0.25, 0.3) is 0 Å². The molecule has 2 N–H and O–H groups in total. The van der Waals surface area contributed by atoms with Crippen LogP contribution in [0.4, 0.5) is 4.39 Å². The SMILES string of the molecule is CCNC(=NCC1CCN(CC)C1)NCCc1ccccc1F.I. The Hall–Kier alpha value is -0.890. The highest BCUT2D eigenvalue weighted by Crippen LogP contribution is 2.15. The van der Waals surface area contributed by atoms with E-state index in [1.165, 1.54) is 19.0 Å². The van der Waals surface area contributed by atoms with Crippen LogP contribution in [0, 0.1) is 11.7 Å². The highest BCUT2D eigenvalue weighted by atomic mass is 127. The first kappa shape index (κ1) is 21.2. The van der Waals surface area contributed by atoms with Gasteiger partial charge in [-0.25, -0.2) is 4.39 Å². The molecule has 1 aliphatic rings. The minimum Gasteiger partial charge on any atom is -0.357 e. The molecule has 0 spiro atoms. The van der Waals surface area contributed by atoms with Gasteiger partial charge in [-0.2, -0.15) is 0 Å². The van der Waals surface area contributed by atoms with Crippen molar-refractivity contribution < 1.29 is 4.39 Å². The molecular formula is C18H30FIN4. The van der Waals surface area contributed by atoms with E-state index < -0.39 is 0 Å². The molecule has 136 valence electrons. The molecule has 1 saturated heterocycles. The third-order valence-corrected chi connectivity index (χ3v) is 4.31. The van der Waals surface area contributed by atoms with Crippen LogP contribution in [-0.2, 0) is 6.42 Å². The molecular weight excluding hydrogens is 418 g/mol. The Morgan fingerprint density at radius 2 is 2.08 bits per heavy atom. The predicted octanol–water partition coefficient (Wildman–Crippen LogP) is 2.88. The number of hydrogen-bond donors (Lipinski definition) is 2. The average molecular weight is 448 g/mol. The standard InChI is InChI=1S/C18H29FN4.HI/c1-3-20-18(22-13-15-10-12-23(4-2)14-15)21-11-9-16-7-5-6-8-17(16)19;/h5-8,15H,3-4,9-14H2,1-2H3,(H2,20,21,22);1H. The number of likely N-dealkylation sites (tertiary alicyclic amines) is 1. The Labute approximate surface area is 162 Å². The van der Waals surface area contributed by atoms with Crippen LogP contribution < -0.4 is 10.6 Å². The number of nitrogens with zero attached hydrogens (tertiary/aromatic N) is 2. The maximum absolute atomic E-state index is 13.6. The first-order valence-electron chi connectivity index (χ1n) is 8.70. The summed E-state index contributed by atoms with van der Waals surface area (Å²) in [6.07, 6.45) is 1.89. The summed E-state index contributed by atoms with van der Waals surface area (Å²) in [5.74, 6) is 1.35. The Balaban J connectivity index is 0.00000288. The van der Waals surface area contributed by atoms with Crippen molar-refractivity contribution in [2.45, 2.75) is 26.7 Å². The van der Waals surface area contributed by atoms with Gasteiger partial charge >= 0.3 is 0 Å². The number of halogens is 2. The molecule has 1 unspecified atom stereocenters. The molecule has 0 radical (unpaired) electrons. The summed E-state index contributed by atoms with van der Waals surface area (Å²) in [4.78, 5) is 7.16. The summed E-state index contributed by atoms with van der Waals surface area (Å²) in [7, 11) is 0. The number of benzene rings is 1.